The van der Waals surface area contributed by atoms with Crippen LogP contribution >= 0.6 is 0 Å². The van der Waals surface area contributed by atoms with Crippen LogP contribution in [0, 0.1) is 5.82 Å². The largest absolute Gasteiger partial charge is 0.464 e. The van der Waals surface area contributed by atoms with Gasteiger partial charge < -0.3 is 14.8 Å². The number of nitrogens with one attached hydrogen (secondary N) is 1. The van der Waals surface area contributed by atoms with E-state index >= 15 is 0 Å². The van der Waals surface area contributed by atoms with Gasteiger partial charge in [0.1, 0.15) is 17.7 Å². The first-order chi connectivity index (χ1) is 11.2. The topological polar surface area (TPSA) is 62.5 Å². The second-order valence-electron chi connectivity index (χ2n) is 5.22. The molecule has 3 rings (SSSR count). The second kappa shape index (κ2) is 6.73. The van der Waals surface area contributed by atoms with E-state index < -0.39 is 0 Å². The normalized spacial score (nSPS) is 11.0. The maximum absolute atomic E-state index is 13.0. The van der Waals surface area contributed by atoms with Gasteiger partial charge in [0.25, 0.3) is 0 Å². The van der Waals surface area contributed by atoms with E-state index in [4.69, 9.17) is 9.52 Å². The number of fused-ring (bicyclic) bond motifs is 1. The van der Waals surface area contributed by atoms with E-state index in [1.54, 1.807) is 0 Å². The molecule has 0 aliphatic rings. The quantitative estimate of drug-likeness (QED) is 0.542. The summed E-state index contributed by atoms with van der Waals surface area (Å²) in [5, 5.41) is 12.6. The molecule has 2 N–H and O–H groups in total. The summed E-state index contributed by atoms with van der Waals surface area (Å²) in [5.41, 5.74) is 2.50. The lowest BCUT2D eigenvalue weighted by molar-refractivity contribution is 0.103. The fourth-order valence-electron chi connectivity index (χ4n) is 2.43. The van der Waals surface area contributed by atoms with E-state index in [2.05, 4.69) is 5.32 Å². The highest BCUT2D eigenvalue weighted by atomic mass is 19.1. The lowest BCUT2D eigenvalue weighted by Crippen LogP contribution is -2.17. The third-order valence-electron chi connectivity index (χ3n) is 3.61. The molecule has 0 aliphatic heterocycles. The number of aliphatic hydroxyl groups is 1. The molecule has 23 heavy (non-hydrogen) atoms. The predicted molar refractivity (Wildman–Crippen MR) is 84.8 cm³/mol. The van der Waals surface area contributed by atoms with E-state index in [9.17, 15) is 9.18 Å². The number of aliphatic hydroxyl groups excluding tert-OH is 1. The number of carbonyl (C=O) groups excluding carboxylic acids is 1. The monoisotopic (exact) mass is 313 g/mol. The summed E-state index contributed by atoms with van der Waals surface area (Å²) in [6, 6.07) is 11.1. The first-order valence-corrected chi connectivity index (χ1v) is 7.31. The van der Waals surface area contributed by atoms with Gasteiger partial charge in [0.05, 0.1) is 12.2 Å². The molecule has 1 heterocycles. The van der Waals surface area contributed by atoms with Gasteiger partial charge in [-0.05, 0) is 35.9 Å². The molecule has 2 aromatic carbocycles. The van der Waals surface area contributed by atoms with Crippen LogP contribution in [0.3, 0.4) is 0 Å². The lowest BCUT2D eigenvalue weighted by Gasteiger charge is -2.03. The summed E-state index contributed by atoms with van der Waals surface area (Å²) in [4.78, 5) is 12.5. The molecule has 0 amide bonds. The molecular weight excluding hydrogens is 297 g/mol. The van der Waals surface area contributed by atoms with Crippen LogP contribution in [-0.2, 0) is 6.54 Å². The number of halogens is 1. The van der Waals surface area contributed by atoms with Gasteiger partial charge in [-0.25, -0.2) is 4.39 Å². The van der Waals surface area contributed by atoms with Crippen molar-refractivity contribution in [2.24, 2.45) is 0 Å². The molecule has 0 spiro atoms. The molecule has 1 aromatic heterocycles. The van der Waals surface area contributed by atoms with Gasteiger partial charge in [0.2, 0.25) is 0 Å². The highest BCUT2D eigenvalue weighted by Crippen LogP contribution is 2.25. The summed E-state index contributed by atoms with van der Waals surface area (Å²) in [7, 11) is 0. The Morgan fingerprint density at radius 2 is 1.96 bits per heavy atom. The molecule has 118 valence electrons. The summed E-state index contributed by atoms with van der Waals surface area (Å²) < 4.78 is 18.5. The number of carbonyl (C=O) groups is 1. The maximum Gasteiger partial charge on any atom is 0.196 e. The number of hydrogen-bond donors (Lipinski definition) is 2. The minimum atomic E-state index is -0.376. The lowest BCUT2D eigenvalue weighted by atomic mass is 10.0. The molecule has 0 radical (unpaired) electrons. The van der Waals surface area contributed by atoms with Gasteiger partial charge in [-0.3, -0.25) is 4.79 Å². The molecule has 0 saturated heterocycles. The minimum absolute atomic E-state index is 0.0827. The van der Waals surface area contributed by atoms with Gasteiger partial charge in [-0.15, -0.1) is 0 Å². The van der Waals surface area contributed by atoms with Crippen LogP contribution in [0.2, 0.25) is 0 Å². The highest BCUT2D eigenvalue weighted by Gasteiger charge is 2.16. The molecule has 4 nitrogen and oxygen atoms in total. The molecule has 3 aromatic rings. The fraction of sp³-hybridized carbons (Fsp3) is 0.167. The van der Waals surface area contributed by atoms with E-state index in [1.807, 2.05) is 18.2 Å². The Bertz CT molecular complexity index is 824. The first-order valence-electron chi connectivity index (χ1n) is 7.31. The Kier molecular flexibility index (Phi) is 4.50. The van der Waals surface area contributed by atoms with E-state index in [0.29, 0.717) is 29.8 Å². The minimum Gasteiger partial charge on any atom is -0.464 e. The Labute approximate surface area is 132 Å². The molecule has 0 aliphatic carbocycles. The van der Waals surface area contributed by atoms with Crippen molar-refractivity contribution >= 4 is 16.8 Å². The third kappa shape index (κ3) is 3.31. The molecule has 0 bridgehead atoms. The van der Waals surface area contributed by atoms with Crippen molar-refractivity contribution in [3.05, 3.63) is 71.2 Å². The number of hydrogen-bond acceptors (Lipinski definition) is 4. The summed E-state index contributed by atoms with van der Waals surface area (Å²) in [6.45, 7) is 1.21. The third-order valence-corrected chi connectivity index (χ3v) is 3.61. The van der Waals surface area contributed by atoms with Crippen molar-refractivity contribution in [2.45, 2.75) is 6.54 Å². The van der Waals surface area contributed by atoms with E-state index in [-0.39, 0.29) is 18.2 Å². The van der Waals surface area contributed by atoms with Gasteiger partial charge in [0.15, 0.2) is 5.78 Å². The van der Waals surface area contributed by atoms with Crippen molar-refractivity contribution in [3.8, 4) is 0 Å². The molecule has 0 unspecified atom stereocenters. The van der Waals surface area contributed by atoms with Gasteiger partial charge in [0, 0.05) is 24.0 Å². The van der Waals surface area contributed by atoms with Crippen molar-refractivity contribution in [2.75, 3.05) is 13.2 Å². The zero-order valence-corrected chi connectivity index (χ0v) is 12.4. The fourth-order valence-corrected chi connectivity index (χ4v) is 2.43. The summed E-state index contributed by atoms with van der Waals surface area (Å²) >= 11 is 0. The smallest absolute Gasteiger partial charge is 0.196 e. The SMILES string of the molecule is O=C(c1ccc(F)cc1)c1coc2cc(CNCCO)ccc12. The number of furan rings is 1. The van der Waals surface area contributed by atoms with Crippen molar-refractivity contribution in [1.29, 1.82) is 0 Å². The number of benzene rings is 2. The number of ketones is 1. The van der Waals surface area contributed by atoms with Crippen LogP contribution in [0.5, 0.6) is 0 Å². The average Bonchev–Trinajstić information content (AvgIpc) is 2.98. The predicted octanol–water partition coefficient (Wildman–Crippen LogP) is 2.88. The Balaban J connectivity index is 1.87. The van der Waals surface area contributed by atoms with Crippen LogP contribution < -0.4 is 5.32 Å². The summed E-state index contributed by atoms with van der Waals surface area (Å²) in [5.74, 6) is -0.575. The molecule has 0 saturated carbocycles. The van der Waals surface area contributed by atoms with Crippen LogP contribution in [-0.4, -0.2) is 24.0 Å². The van der Waals surface area contributed by atoms with Crippen LogP contribution in [0.4, 0.5) is 4.39 Å². The average molecular weight is 313 g/mol. The van der Waals surface area contributed by atoms with E-state index in [0.717, 1.165) is 10.9 Å². The standard InChI is InChI=1S/C18H16FNO3/c19-14-4-2-13(3-5-14)18(22)16-11-23-17-9-12(1-6-15(16)17)10-20-7-8-21/h1-6,9,11,20-21H,7-8,10H2. The second-order valence-corrected chi connectivity index (χ2v) is 5.22. The van der Waals surface area contributed by atoms with Crippen LogP contribution in [0.1, 0.15) is 21.5 Å². The number of rotatable bonds is 6. The van der Waals surface area contributed by atoms with Crippen LogP contribution in [0.15, 0.2) is 53.1 Å². The zero-order chi connectivity index (χ0) is 16.2. The van der Waals surface area contributed by atoms with Gasteiger partial charge in [-0.1, -0.05) is 12.1 Å². The zero-order valence-electron chi connectivity index (χ0n) is 12.4. The molecular formula is C18H16FNO3. The molecule has 0 atom stereocenters. The van der Waals surface area contributed by atoms with E-state index in [1.165, 1.54) is 30.5 Å². The van der Waals surface area contributed by atoms with Crippen molar-refractivity contribution in [1.82, 2.24) is 5.32 Å². The van der Waals surface area contributed by atoms with Crippen molar-refractivity contribution in [3.63, 3.8) is 0 Å². The molecule has 0 fully saturated rings. The van der Waals surface area contributed by atoms with Crippen LogP contribution in [0.25, 0.3) is 11.0 Å². The van der Waals surface area contributed by atoms with Crippen molar-refractivity contribution < 1.29 is 18.7 Å². The highest BCUT2D eigenvalue weighted by molar-refractivity contribution is 6.15. The molecule has 5 heteroatoms. The Hall–Kier alpha value is -2.50. The Morgan fingerprint density at radius 1 is 1.17 bits per heavy atom. The van der Waals surface area contributed by atoms with Gasteiger partial charge in [-0.2, -0.15) is 0 Å². The Morgan fingerprint density at radius 3 is 2.70 bits per heavy atom. The van der Waals surface area contributed by atoms with Gasteiger partial charge >= 0.3 is 0 Å². The maximum atomic E-state index is 13.0. The summed E-state index contributed by atoms with van der Waals surface area (Å²) in [6.07, 6.45) is 1.43. The first kappa shape index (κ1) is 15.4.